The van der Waals surface area contributed by atoms with Crippen molar-refractivity contribution < 1.29 is 32.9 Å². The Labute approximate surface area is 164 Å². The number of hydrogen-bond donors (Lipinski definition) is 1. The number of amides is 3. The van der Waals surface area contributed by atoms with Gasteiger partial charge < -0.3 is 19.3 Å². The van der Waals surface area contributed by atoms with Crippen molar-refractivity contribution >= 4 is 37.3 Å². The second kappa shape index (κ2) is 12.5. The van der Waals surface area contributed by atoms with Crippen molar-refractivity contribution in [1.82, 2.24) is 10.2 Å². The lowest BCUT2D eigenvalue weighted by Gasteiger charge is -2.21. The summed E-state index contributed by atoms with van der Waals surface area (Å²) < 4.78 is 20.4. The van der Waals surface area contributed by atoms with Crippen LogP contribution in [-0.4, -0.2) is 60.4 Å². The Hall–Kier alpha value is -0.930. The summed E-state index contributed by atoms with van der Waals surface area (Å²) in [5.41, 5.74) is 0. The molecule has 1 rings (SSSR count). The summed E-state index contributed by atoms with van der Waals surface area (Å²) in [6, 6.07) is 0. The normalized spacial score (nSPS) is 19.4. The summed E-state index contributed by atoms with van der Waals surface area (Å²) in [5, 5.41) is 2.09. The fourth-order valence-electron chi connectivity index (χ4n) is 2.51. The van der Waals surface area contributed by atoms with Gasteiger partial charge >= 0.3 is 0 Å². The second-order valence-electron chi connectivity index (χ2n) is 5.98. The molecule has 0 bridgehead atoms. The molecule has 0 aromatic rings. The van der Waals surface area contributed by atoms with E-state index >= 15 is 0 Å². The molecule has 0 saturated carbocycles. The Kier molecular flexibility index (Phi) is 11.2. The molecule has 1 aliphatic rings. The number of carbonyl (C=O) groups is 3. The molecule has 0 spiro atoms. The number of unbranched alkanes of at least 4 members (excludes halogenated alkanes) is 3. The topological polar surface area (TPSA) is 125 Å². The van der Waals surface area contributed by atoms with E-state index in [1.807, 2.05) is 0 Å². The van der Waals surface area contributed by atoms with Gasteiger partial charge in [0.1, 0.15) is 0 Å². The molecule has 1 fully saturated rings. The van der Waals surface area contributed by atoms with Gasteiger partial charge in [0.2, 0.25) is 17.7 Å². The van der Waals surface area contributed by atoms with Crippen LogP contribution >= 0.6 is 19.6 Å². The first-order valence-corrected chi connectivity index (χ1v) is 11.6. The molecule has 1 heterocycles. The highest BCUT2D eigenvalue weighted by molar-refractivity contribution is 8.00. The predicted molar refractivity (Wildman–Crippen MR) is 99.9 cm³/mol. The summed E-state index contributed by atoms with van der Waals surface area (Å²) in [4.78, 5) is 47.8. The van der Waals surface area contributed by atoms with Crippen LogP contribution in [0.2, 0.25) is 0 Å². The monoisotopic (exact) mass is 423 g/mol. The van der Waals surface area contributed by atoms with Gasteiger partial charge in [-0.2, -0.15) is 0 Å². The van der Waals surface area contributed by atoms with Crippen molar-refractivity contribution in [2.75, 3.05) is 32.6 Å². The minimum absolute atomic E-state index is 0.0591. The van der Waals surface area contributed by atoms with Crippen molar-refractivity contribution in [3.05, 3.63) is 0 Å². The maximum atomic E-state index is 12.2. The van der Waals surface area contributed by atoms with E-state index in [-0.39, 0.29) is 55.6 Å². The van der Waals surface area contributed by atoms with Crippen LogP contribution < -0.4 is 10.2 Å². The highest BCUT2D eigenvalue weighted by atomic mass is 32.2. The van der Waals surface area contributed by atoms with Crippen LogP contribution in [0.25, 0.3) is 0 Å². The zero-order valence-electron chi connectivity index (χ0n) is 15.8. The first kappa shape index (κ1) is 24.1. The van der Waals surface area contributed by atoms with Crippen LogP contribution in [0.1, 0.15) is 45.4 Å². The quantitative estimate of drug-likeness (QED) is 0.250. The molecule has 1 saturated heterocycles. The van der Waals surface area contributed by atoms with Crippen LogP contribution in [0, 0.1) is 0 Å². The fourth-order valence-corrected chi connectivity index (χ4v) is 4.44. The van der Waals surface area contributed by atoms with Gasteiger partial charge in [-0.15, -0.1) is 11.8 Å². The number of carbonyl (C=O) groups excluding carboxylic acids is 3. The van der Waals surface area contributed by atoms with Crippen molar-refractivity contribution in [3.63, 3.8) is 0 Å². The van der Waals surface area contributed by atoms with E-state index in [0.29, 0.717) is 6.42 Å². The molecule has 3 amide bonds. The third-order valence-electron chi connectivity index (χ3n) is 3.94. The molecule has 1 N–H and O–H groups in total. The lowest BCUT2D eigenvalue weighted by atomic mass is 10.2. The maximum Gasteiger partial charge on any atom is 0.267 e. The molecule has 2 atom stereocenters. The highest BCUT2D eigenvalue weighted by Gasteiger charge is 2.38. The molecular formula is C16H28N2O7PS-. The smallest absolute Gasteiger partial charge is 0.267 e. The van der Waals surface area contributed by atoms with Crippen molar-refractivity contribution in [2.24, 2.45) is 0 Å². The van der Waals surface area contributed by atoms with Crippen molar-refractivity contribution in [1.29, 1.82) is 0 Å². The van der Waals surface area contributed by atoms with Gasteiger partial charge in [-0.25, -0.2) is 0 Å². The molecule has 0 aromatic carbocycles. The first-order chi connectivity index (χ1) is 12.8. The molecule has 2 unspecified atom stereocenters. The number of likely N-dealkylation sites (tertiary alicyclic amines) is 1. The van der Waals surface area contributed by atoms with Gasteiger partial charge in [0.15, 0.2) is 0 Å². The molecular weight excluding hydrogens is 395 g/mol. The summed E-state index contributed by atoms with van der Waals surface area (Å²) in [6.07, 6.45) is 3.46. The fraction of sp³-hybridized carbons (Fsp3) is 0.812. The van der Waals surface area contributed by atoms with Gasteiger partial charge in [-0.3, -0.25) is 23.8 Å². The number of imide groups is 1. The number of phosphoric acid groups is 1. The third-order valence-corrected chi connectivity index (χ3v) is 6.31. The average Bonchev–Trinajstić information content (AvgIpc) is 2.88. The van der Waals surface area contributed by atoms with E-state index < -0.39 is 7.82 Å². The summed E-state index contributed by atoms with van der Waals surface area (Å²) in [6.45, 7) is 1.86. The zero-order chi connectivity index (χ0) is 20.3. The van der Waals surface area contributed by atoms with Gasteiger partial charge in [0, 0.05) is 26.4 Å². The predicted octanol–water partition coefficient (Wildman–Crippen LogP) is 1.07. The molecule has 9 nitrogen and oxygen atoms in total. The second-order valence-corrected chi connectivity index (χ2v) is 8.70. The Morgan fingerprint density at radius 1 is 1.30 bits per heavy atom. The largest absolute Gasteiger partial charge is 0.756 e. The third kappa shape index (κ3) is 9.21. The van der Waals surface area contributed by atoms with E-state index in [9.17, 15) is 23.8 Å². The number of nitrogens with one attached hydrogen (secondary N) is 1. The summed E-state index contributed by atoms with van der Waals surface area (Å²) >= 11 is 1.46. The molecule has 156 valence electrons. The standard InChI is InChI=1S/C16H29N2O7PS/c1-3-24-26(22,23)25-10-6-4-5-7-11-27-13-12-15(20)18(16(13)21)9-8-14(19)17-2/h13H,3-12H2,1-2H3,(H,17,19)(H,22,23)/p-1. The van der Waals surface area contributed by atoms with E-state index in [1.165, 1.54) is 23.7 Å². The number of nitrogens with zero attached hydrogens (tertiary/aromatic N) is 1. The average molecular weight is 423 g/mol. The SMILES string of the molecule is CCOP(=O)([O-])OCCCCCCSC1CC(=O)N(CCC(=O)NC)C1=O. The lowest BCUT2D eigenvalue weighted by molar-refractivity contribution is -0.225. The highest BCUT2D eigenvalue weighted by Crippen LogP contribution is 2.38. The molecule has 0 aromatic heterocycles. The summed E-state index contributed by atoms with van der Waals surface area (Å²) in [7, 11) is -2.64. The lowest BCUT2D eigenvalue weighted by Crippen LogP contribution is -2.34. The van der Waals surface area contributed by atoms with Gasteiger partial charge in [-0.1, -0.05) is 12.8 Å². The van der Waals surface area contributed by atoms with Gasteiger partial charge in [-0.05, 0) is 25.5 Å². The van der Waals surface area contributed by atoms with E-state index in [4.69, 9.17) is 4.52 Å². The Morgan fingerprint density at radius 3 is 2.67 bits per heavy atom. The minimum Gasteiger partial charge on any atom is -0.756 e. The van der Waals surface area contributed by atoms with E-state index in [0.717, 1.165) is 25.0 Å². The molecule has 1 aliphatic heterocycles. The number of phosphoric ester groups is 1. The van der Waals surface area contributed by atoms with Crippen molar-refractivity contribution in [3.8, 4) is 0 Å². The number of rotatable bonds is 14. The zero-order valence-corrected chi connectivity index (χ0v) is 17.5. The van der Waals surface area contributed by atoms with Crippen molar-refractivity contribution in [2.45, 2.75) is 50.7 Å². The van der Waals surface area contributed by atoms with Crippen LogP contribution in [0.5, 0.6) is 0 Å². The molecule has 0 radical (unpaired) electrons. The Bertz CT molecular complexity index is 561. The molecule has 0 aliphatic carbocycles. The number of hydrogen-bond acceptors (Lipinski definition) is 8. The first-order valence-electron chi connectivity index (χ1n) is 9.07. The van der Waals surface area contributed by atoms with E-state index in [2.05, 4.69) is 9.84 Å². The minimum atomic E-state index is -4.15. The molecule has 11 heteroatoms. The van der Waals surface area contributed by atoms with Crippen LogP contribution in [0.3, 0.4) is 0 Å². The maximum absolute atomic E-state index is 12.2. The van der Waals surface area contributed by atoms with Crippen LogP contribution in [-0.2, 0) is 28.0 Å². The van der Waals surface area contributed by atoms with E-state index in [1.54, 1.807) is 6.92 Å². The van der Waals surface area contributed by atoms with Crippen LogP contribution in [0.4, 0.5) is 0 Å². The van der Waals surface area contributed by atoms with Gasteiger partial charge in [0.05, 0.1) is 18.5 Å². The number of thioether (sulfide) groups is 1. The summed E-state index contributed by atoms with van der Waals surface area (Å²) in [5.74, 6) is 0.0944. The molecule has 27 heavy (non-hydrogen) atoms. The van der Waals surface area contributed by atoms with Gasteiger partial charge in [0.25, 0.3) is 7.82 Å². The van der Waals surface area contributed by atoms with Crippen LogP contribution in [0.15, 0.2) is 0 Å². The Balaban J connectivity index is 2.13. The Morgan fingerprint density at radius 2 is 2.00 bits per heavy atom.